The van der Waals surface area contributed by atoms with Gasteiger partial charge < -0.3 is 25.4 Å². The van der Waals surface area contributed by atoms with Crippen LogP contribution in [0, 0.1) is 0 Å². The first kappa shape index (κ1) is 20.0. The van der Waals surface area contributed by atoms with E-state index in [2.05, 4.69) is 20.2 Å². The number of pyridine rings is 2. The molecular weight excluding hydrogens is 406 g/mol. The summed E-state index contributed by atoms with van der Waals surface area (Å²) in [7, 11) is 1.60. The molecule has 4 heterocycles. The summed E-state index contributed by atoms with van der Waals surface area (Å²) in [4.78, 5) is 20.5. The Morgan fingerprint density at radius 3 is 2.66 bits per heavy atom. The molecule has 162 valence electrons. The average molecular weight is 429 g/mol. The maximum atomic E-state index is 5.76. The Hall–Kier alpha value is -3.98. The summed E-state index contributed by atoms with van der Waals surface area (Å²) >= 11 is 0. The van der Waals surface area contributed by atoms with Crippen molar-refractivity contribution in [2.45, 2.75) is 0 Å². The van der Waals surface area contributed by atoms with Crippen molar-refractivity contribution in [3.05, 3.63) is 54.7 Å². The number of nitrogens with two attached hydrogens (primary N) is 1. The molecule has 0 amide bonds. The molecule has 1 fully saturated rings. The van der Waals surface area contributed by atoms with E-state index < -0.39 is 0 Å². The molecule has 9 nitrogen and oxygen atoms in total. The normalized spacial score (nSPS) is 13.8. The number of rotatable bonds is 5. The van der Waals surface area contributed by atoms with Crippen LogP contribution in [0.2, 0.25) is 0 Å². The molecule has 0 aliphatic carbocycles. The number of methoxy groups -OCH3 is 1. The number of morpholine rings is 1. The maximum absolute atomic E-state index is 5.76. The number of aromatic nitrogens is 4. The first-order valence-corrected chi connectivity index (χ1v) is 10.3. The molecule has 32 heavy (non-hydrogen) atoms. The standard InChI is InChI=1S/C23H23N7O2/c1-31-22-19(12-15-4-2-3-5-17(15)27-22)26-21-13-18(16-6-7-20(24)25-14-16)28-23(29-21)30-8-10-32-11-9-30/h2-7,12-14H,8-11H2,1H3,(H2,24,25)(H,26,28,29). The van der Waals surface area contributed by atoms with Crippen molar-refractivity contribution in [2.24, 2.45) is 0 Å². The van der Waals surface area contributed by atoms with Gasteiger partial charge in [0.2, 0.25) is 11.8 Å². The Kier molecular flexibility index (Phi) is 5.39. The zero-order valence-electron chi connectivity index (χ0n) is 17.7. The van der Waals surface area contributed by atoms with Gasteiger partial charge in [0.25, 0.3) is 0 Å². The van der Waals surface area contributed by atoms with E-state index in [1.54, 1.807) is 19.4 Å². The minimum Gasteiger partial charge on any atom is -0.479 e. The van der Waals surface area contributed by atoms with Crippen LogP contribution in [0.3, 0.4) is 0 Å². The molecule has 4 aromatic rings. The number of ether oxygens (including phenoxy) is 2. The highest BCUT2D eigenvalue weighted by Gasteiger charge is 2.17. The van der Waals surface area contributed by atoms with Gasteiger partial charge in [-0.2, -0.15) is 4.98 Å². The number of nitrogens with one attached hydrogen (secondary N) is 1. The summed E-state index contributed by atoms with van der Waals surface area (Å²) in [6, 6.07) is 15.4. The van der Waals surface area contributed by atoms with Crippen LogP contribution in [0.4, 0.5) is 23.3 Å². The highest BCUT2D eigenvalue weighted by atomic mass is 16.5. The lowest BCUT2D eigenvalue weighted by Crippen LogP contribution is -2.37. The lowest BCUT2D eigenvalue weighted by Gasteiger charge is -2.27. The first-order chi connectivity index (χ1) is 15.7. The van der Waals surface area contributed by atoms with Crippen LogP contribution in [0.1, 0.15) is 0 Å². The van der Waals surface area contributed by atoms with E-state index in [1.807, 2.05) is 42.5 Å². The van der Waals surface area contributed by atoms with E-state index in [0.717, 1.165) is 40.9 Å². The number of para-hydroxylation sites is 1. The number of benzene rings is 1. The van der Waals surface area contributed by atoms with Crippen LogP contribution >= 0.6 is 0 Å². The molecule has 0 atom stereocenters. The lowest BCUT2D eigenvalue weighted by molar-refractivity contribution is 0.122. The summed E-state index contributed by atoms with van der Waals surface area (Å²) in [5, 5.41) is 4.38. The summed E-state index contributed by atoms with van der Waals surface area (Å²) < 4.78 is 11.0. The average Bonchev–Trinajstić information content (AvgIpc) is 2.84. The molecule has 0 saturated carbocycles. The number of nitrogen functional groups attached to an aromatic ring is 1. The largest absolute Gasteiger partial charge is 0.479 e. The van der Waals surface area contributed by atoms with E-state index in [-0.39, 0.29) is 0 Å². The third kappa shape index (κ3) is 4.10. The van der Waals surface area contributed by atoms with Crippen molar-refractivity contribution < 1.29 is 9.47 Å². The van der Waals surface area contributed by atoms with Crippen molar-refractivity contribution in [1.82, 2.24) is 19.9 Å². The van der Waals surface area contributed by atoms with Gasteiger partial charge in [0, 0.05) is 36.3 Å². The fourth-order valence-electron chi connectivity index (χ4n) is 3.59. The van der Waals surface area contributed by atoms with Crippen LogP contribution in [0.5, 0.6) is 5.88 Å². The second-order valence-electron chi connectivity index (χ2n) is 7.37. The Balaban J connectivity index is 1.57. The van der Waals surface area contributed by atoms with Crippen molar-refractivity contribution in [3.8, 4) is 17.1 Å². The minimum atomic E-state index is 0.460. The van der Waals surface area contributed by atoms with E-state index in [9.17, 15) is 0 Å². The highest BCUT2D eigenvalue weighted by Crippen LogP contribution is 2.31. The van der Waals surface area contributed by atoms with Gasteiger partial charge in [-0.15, -0.1) is 0 Å². The summed E-state index contributed by atoms with van der Waals surface area (Å²) in [6.45, 7) is 2.73. The van der Waals surface area contributed by atoms with E-state index >= 15 is 0 Å². The van der Waals surface area contributed by atoms with Gasteiger partial charge in [-0.05, 0) is 24.3 Å². The molecule has 5 rings (SSSR count). The van der Waals surface area contributed by atoms with Crippen molar-refractivity contribution >= 4 is 34.2 Å². The molecule has 0 unspecified atom stereocenters. The smallest absolute Gasteiger partial charge is 0.238 e. The van der Waals surface area contributed by atoms with Gasteiger partial charge in [0.1, 0.15) is 17.3 Å². The van der Waals surface area contributed by atoms with Crippen molar-refractivity contribution in [2.75, 3.05) is 49.4 Å². The molecule has 0 spiro atoms. The number of hydrogen-bond donors (Lipinski definition) is 2. The van der Waals surface area contributed by atoms with Crippen LogP contribution in [-0.4, -0.2) is 53.3 Å². The van der Waals surface area contributed by atoms with Crippen LogP contribution in [0.15, 0.2) is 54.7 Å². The summed E-state index contributed by atoms with van der Waals surface area (Å²) in [5.41, 5.74) is 8.93. The Morgan fingerprint density at radius 1 is 1.03 bits per heavy atom. The highest BCUT2D eigenvalue weighted by molar-refractivity contribution is 5.85. The fraction of sp³-hybridized carbons (Fsp3) is 0.217. The SMILES string of the molecule is COc1nc2ccccc2cc1Nc1cc(-c2ccc(N)nc2)nc(N2CCOCC2)n1. The number of hydrogen-bond acceptors (Lipinski definition) is 9. The Labute approximate surface area is 185 Å². The van der Waals surface area contributed by atoms with Gasteiger partial charge >= 0.3 is 0 Å². The third-order valence-corrected chi connectivity index (χ3v) is 5.24. The van der Waals surface area contributed by atoms with Crippen LogP contribution in [-0.2, 0) is 4.74 Å². The quantitative estimate of drug-likeness (QED) is 0.494. The molecule has 3 N–H and O–H groups in total. The topological polar surface area (TPSA) is 111 Å². The van der Waals surface area contributed by atoms with Gasteiger partial charge in [0.05, 0.1) is 31.5 Å². The Morgan fingerprint density at radius 2 is 1.88 bits per heavy atom. The van der Waals surface area contributed by atoms with Crippen LogP contribution in [0.25, 0.3) is 22.2 Å². The molecule has 1 aliphatic rings. The number of fused-ring (bicyclic) bond motifs is 1. The maximum Gasteiger partial charge on any atom is 0.238 e. The zero-order valence-corrected chi connectivity index (χ0v) is 17.7. The predicted octanol–water partition coefficient (Wildman–Crippen LogP) is 3.26. The zero-order chi connectivity index (χ0) is 21.9. The van der Waals surface area contributed by atoms with E-state index in [0.29, 0.717) is 36.7 Å². The van der Waals surface area contributed by atoms with Gasteiger partial charge in [-0.1, -0.05) is 18.2 Å². The van der Waals surface area contributed by atoms with Gasteiger partial charge in [0.15, 0.2) is 0 Å². The fourth-order valence-corrected chi connectivity index (χ4v) is 3.59. The minimum absolute atomic E-state index is 0.460. The molecule has 1 aliphatic heterocycles. The van der Waals surface area contributed by atoms with Gasteiger partial charge in [-0.25, -0.2) is 15.0 Å². The molecule has 0 radical (unpaired) electrons. The third-order valence-electron chi connectivity index (χ3n) is 5.24. The monoisotopic (exact) mass is 429 g/mol. The molecule has 3 aromatic heterocycles. The predicted molar refractivity (Wildman–Crippen MR) is 124 cm³/mol. The second kappa shape index (κ2) is 8.64. The molecule has 0 bridgehead atoms. The van der Waals surface area contributed by atoms with Crippen molar-refractivity contribution in [1.29, 1.82) is 0 Å². The van der Waals surface area contributed by atoms with Crippen molar-refractivity contribution in [3.63, 3.8) is 0 Å². The molecule has 1 saturated heterocycles. The van der Waals surface area contributed by atoms with Gasteiger partial charge in [-0.3, -0.25) is 0 Å². The molecular formula is C23H23N7O2. The summed E-state index contributed by atoms with van der Waals surface area (Å²) in [5.74, 6) is 2.20. The summed E-state index contributed by atoms with van der Waals surface area (Å²) in [6.07, 6.45) is 1.71. The second-order valence-corrected chi connectivity index (χ2v) is 7.37. The number of anilines is 4. The number of nitrogens with zero attached hydrogens (tertiary/aromatic N) is 5. The molecule has 9 heteroatoms. The first-order valence-electron chi connectivity index (χ1n) is 10.3. The van der Waals surface area contributed by atoms with E-state index in [1.165, 1.54) is 0 Å². The Bertz CT molecular complexity index is 1240. The molecule has 1 aromatic carbocycles. The van der Waals surface area contributed by atoms with Crippen LogP contribution < -0.4 is 20.7 Å². The lowest BCUT2D eigenvalue weighted by atomic mass is 10.2. The van der Waals surface area contributed by atoms with E-state index in [4.69, 9.17) is 25.2 Å².